The van der Waals surface area contributed by atoms with E-state index in [0.29, 0.717) is 44.1 Å². The van der Waals surface area contributed by atoms with Gasteiger partial charge in [0.2, 0.25) is 17.7 Å². The molecule has 1 fully saturated rings. The SMILES string of the molecule is NC(=O)C[C@H](NC(=O)C1(NC[C@H](Cc2ccc(C(C(=O)O)C(=O)O)cc2)NC(=O)C(=O)O)CCCCC1)C(=O)NCCCc1cccc2ccccc12. The van der Waals surface area contributed by atoms with Gasteiger partial charge in [0.05, 0.1) is 12.0 Å². The fourth-order valence-corrected chi connectivity index (χ4v) is 6.73. The van der Waals surface area contributed by atoms with Gasteiger partial charge in [-0.2, -0.15) is 0 Å². The summed E-state index contributed by atoms with van der Waals surface area (Å²) in [6.07, 6.45) is 3.77. The van der Waals surface area contributed by atoms with E-state index >= 15 is 0 Å². The van der Waals surface area contributed by atoms with Crippen molar-refractivity contribution in [1.29, 1.82) is 0 Å². The Labute approximate surface area is 305 Å². The van der Waals surface area contributed by atoms with Crippen LogP contribution in [0.3, 0.4) is 0 Å². The van der Waals surface area contributed by atoms with Crippen LogP contribution in [0.5, 0.6) is 0 Å². The van der Waals surface area contributed by atoms with Gasteiger partial charge < -0.3 is 42.3 Å². The maximum atomic E-state index is 14.0. The van der Waals surface area contributed by atoms with Crippen molar-refractivity contribution in [3.05, 3.63) is 83.4 Å². The van der Waals surface area contributed by atoms with E-state index in [9.17, 15) is 48.9 Å². The van der Waals surface area contributed by atoms with Gasteiger partial charge in [-0.15, -0.1) is 0 Å². The van der Waals surface area contributed by atoms with Crippen LogP contribution in [-0.2, 0) is 46.4 Å². The number of carbonyl (C=O) groups excluding carboxylic acids is 4. The number of rotatable bonds is 18. The van der Waals surface area contributed by atoms with Crippen molar-refractivity contribution in [3.63, 3.8) is 0 Å². The van der Waals surface area contributed by atoms with Gasteiger partial charge in [-0.1, -0.05) is 86.0 Å². The highest BCUT2D eigenvalue weighted by molar-refractivity contribution is 6.31. The Morgan fingerprint density at radius 3 is 2.09 bits per heavy atom. The second-order valence-electron chi connectivity index (χ2n) is 13.3. The first-order valence-electron chi connectivity index (χ1n) is 17.5. The lowest BCUT2D eigenvalue weighted by atomic mass is 9.80. The third-order valence-corrected chi connectivity index (χ3v) is 9.48. The Morgan fingerprint density at radius 2 is 1.45 bits per heavy atom. The summed E-state index contributed by atoms with van der Waals surface area (Å²) in [4.78, 5) is 85.8. The van der Waals surface area contributed by atoms with Crippen LogP contribution in [0.25, 0.3) is 10.8 Å². The molecule has 4 rings (SSSR count). The van der Waals surface area contributed by atoms with Gasteiger partial charge >= 0.3 is 23.8 Å². The Balaban J connectivity index is 1.44. The van der Waals surface area contributed by atoms with Crippen molar-refractivity contribution in [2.75, 3.05) is 13.1 Å². The molecule has 0 radical (unpaired) electrons. The predicted molar refractivity (Wildman–Crippen MR) is 193 cm³/mol. The van der Waals surface area contributed by atoms with E-state index in [0.717, 1.165) is 22.8 Å². The number of aryl methyl sites for hydroxylation is 1. The fraction of sp³-hybridized carbons (Fsp3) is 0.395. The first-order chi connectivity index (χ1) is 25.3. The largest absolute Gasteiger partial charge is 0.480 e. The quantitative estimate of drug-likeness (QED) is 0.0530. The predicted octanol–water partition coefficient (Wildman–Crippen LogP) is 1.61. The molecule has 0 heterocycles. The van der Waals surface area contributed by atoms with E-state index in [-0.39, 0.29) is 25.1 Å². The molecule has 0 saturated heterocycles. The number of nitrogens with one attached hydrogen (secondary N) is 4. The van der Waals surface area contributed by atoms with Crippen LogP contribution in [0.2, 0.25) is 0 Å². The normalized spacial score (nSPS) is 14.8. The number of nitrogens with two attached hydrogens (primary N) is 1. The van der Waals surface area contributed by atoms with Crippen molar-refractivity contribution in [1.82, 2.24) is 21.3 Å². The summed E-state index contributed by atoms with van der Waals surface area (Å²) in [6, 6.07) is 17.5. The average Bonchev–Trinajstić information content (AvgIpc) is 3.12. The van der Waals surface area contributed by atoms with E-state index in [1.54, 1.807) is 0 Å². The molecule has 9 N–H and O–H groups in total. The molecule has 0 aromatic heterocycles. The third kappa shape index (κ3) is 11.1. The minimum atomic E-state index is -1.78. The number of benzene rings is 3. The van der Waals surface area contributed by atoms with Crippen LogP contribution in [0.4, 0.5) is 0 Å². The summed E-state index contributed by atoms with van der Waals surface area (Å²) in [5.74, 6) is -9.76. The molecular weight excluding hydrogens is 686 g/mol. The van der Waals surface area contributed by atoms with Crippen molar-refractivity contribution >= 4 is 52.3 Å². The second kappa shape index (κ2) is 18.6. The van der Waals surface area contributed by atoms with Gasteiger partial charge in [0.15, 0.2) is 5.92 Å². The summed E-state index contributed by atoms with van der Waals surface area (Å²) in [6.45, 7) is 0.206. The van der Waals surface area contributed by atoms with Gasteiger partial charge in [0.1, 0.15) is 6.04 Å². The zero-order valence-corrected chi connectivity index (χ0v) is 29.1. The molecule has 0 bridgehead atoms. The maximum Gasteiger partial charge on any atom is 0.394 e. The molecule has 15 heteroatoms. The molecule has 3 aromatic carbocycles. The summed E-state index contributed by atoms with van der Waals surface area (Å²) < 4.78 is 0. The van der Waals surface area contributed by atoms with Gasteiger partial charge in [0, 0.05) is 19.1 Å². The van der Waals surface area contributed by atoms with Gasteiger partial charge in [-0.3, -0.25) is 28.8 Å². The zero-order chi connectivity index (χ0) is 38.5. The van der Waals surface area contributed by atoms with Crippen LogP contribution in [-0.4, -0.2) is 87.6 Å². The van der Waals surface area contributed by atoms with Crippen molar-refractivity contribution in [2.24, 2.45) is 5.73 Å². The highest BCUT2D eigenvalue weighted by Crippen LogP contribution is 2.29. The van der Waals surface area contributed by atoms with E-state index in [2.05, 4.69) is 21.3 Å². The lowest BCUT2D eigenvalue weighted by Gasteiger charge is -2.39. The molecule has 0 aliphatic heterocycles. The summed E-state index contributed by atoms with van der Waals surface area (Å²) in [7, 11) is 0. The molecule has 53 heavy (non-hydrogen) atoms. The number of carbonyl (C=O) groups is 7. The number of hydrogen-bond acceptors (Lipinski definition) is 8. The lowest BCUT2D eigenvalue weighted by Crippen LogP contribution is -2.63. The molecule has 0 spiro atoms. The summed E-state index contributed by atoms with van der Waals surface area (Å²) in [5.41, 5.74) is 5.92. The van der Waals surface area contributed by atoms with Gasteiger partial charge in [-0.25, -0.2) is 4.79 Å². The van der Waals surface area contributed by atoms with Crippen molar-refractivity contribution in [3.8, 4) is 0 Å². The smallest absolute Gasteiger partial charge is 0.394 e. The summed E-state index contributed by atoms with van der Waals surface area (Å²) in [5, 5.41) is 41.3. The molecule has 4 amide bonds. The van der Waals surface area contributed by atoms with Crippen LogP contribution >= 0.6 is 0 Å². The number of primary amides is 1. The van der Waals surface area contributed by atoms with Crippen LogP contribution < -0.4 is 27.0 Å². The minimum Gasteiger partial charge on any atom is -0.480 e. The molecule has 2 atom stereocenters. The molecule has 1 saturated carbocycles. The van der Waals surface area contributed by atoms with Crippen LogP contribution in [0.1, 0.15) is 67.6 Å². The van der Waals surface area contributed by atoms with E-state index in [1.807, 2.05) is 42.5 Å². The first kappa shape index (κ1) is 39.9. The van der Waals surface area contributed by atoms with Crippen molar-refractivity contribution < 1.29 is 48.9 Å². The fourth-order valence-electron chi connectivity index (χ4n) is 6.73. The van der Waals surface area contributed by atoms with E-state index < -0.39 is 71.5 Å². The number of carboxylic acid groups (broad SMARTS) is 3. The highest BCUT2D eigenvalue weighted by atomic mass is 16.4. The minimum absolute atomic E-state index is 0.0233. The Kier molecular flexibility index (Phi) is 14.0. The van der Waals surface area contributed by atoms with Gasteiger partial charge in [-0.05, 0) is 59.6 Å². The van der Waals surface area contributed by atoms with E-state index in [4.69, 9.17) is 5.73 Å². The number of aliphatic carboxylic acids is 3. The molecule has 1 aliphatic carbocycles. The maximum absolute atomic E-state index is 14.0. The molecule has 15 nitrogen and oxygen atoms in total. The van der Waals surface area contributed by atoms with Gasteiger partial charge in [0.25, 0.3) is 0 Å². The van der Waals surface area contributed by atoms with Crippen LogP contribution in [0, 0.1) is 0 Å². The van der Waals surface area contributed by atoms with Crippen molar-refractivity contribution in [2.45, 2.75) is 81.3 Å². The summed E-state index contributed by atoms with van der Waals surface area (Å²) >= 11 is 0. The lowest BCUT2D eigenvalue weighted by molar-refractivity contribution is -0.150. The van der Waals surface area contributed by atoms with Crippen LogP contribution in [0.15, 0.2) is 66.7 Å². The third-order valence-electron chi connectivity index (χ3n) is 9.48. The Hall–Kier alpha value is -5.83. The molecule has 1 aliphatic rings. The number of carboxylic acids is 3. The molecule has 0 unspecified atom stereocenters. The Bertz CT molecular complexity index is 1800. The Morgan fingerprint density at radius 1 is 0.792 bits per heavy atom. The second-order valence-corrected chi connectivity index (χ2v) is 13.3. The number of amides is 4. The first-order valence-corrected chi connectivity index (χ1v) is 17.5. The molecule has 282 valence electrons. The number of hydrogen-bond donors (Lipinski definition) is 8. The standard InChI is InChI=1S/C38H45N5O10/c39-30(44)21-29(32(45)40-19-7-11-25-10-6-9-24-8-2-3-12-28(24)25)43-37(53)38(17-4-1-5-18-38)41-22-27(42-33(46)36(51)52)20-23-13-15-26(16-14-23)31(34(47)48)35(49)50/h2-3,6,8-10,12-16,27,29,31,41H,1,4-5,7,11,17-22H2,(H2,39,44)(H,40,45)(H,42,46)(H,43,53)(H,47,48)(H,49,50)(H,51,52)/t27-,29-/m0/s1. The number of fused-ring (bicyclic) bond motifs is 1. The van der Waals surface area contributed by atoms with E-state index in [1.165, 1.54) is 24.3 Å². The topological polar surface area (TPSA) is 254 Å². The zero-order valence-electron chi connectivity index (χ0n) is 29.1. The average molecular weight is 732 g/mol. The monoisotopic (exact) mass is 731 g/mol. The highest BCUT2D eigenvalue weighted by Gasteiger charge is 2.41. The molecule has 3 aromatic rings. The molecular formula is C38H45N5O10.